The zero-order valence-corrected chi connectivity index (χ0v) is 11.7. The molecular weight excluding hydrogens is 252 g/mol. The van der Waals surface area contributed by atoms with E-state index < -0.39 is 0 Å². The smallest absolute Gasteiger partial charge is 0.232 e. The number of hydrogen-bond acceptors (Lipinski definition) is 3. The van der Waals surface area contributed by atoms with Gasteiger partial charge in [0.1, 0.15) is 5.75 Å². The first-order chi connectivity index (χ1) is 9.61. The van der Waals surface area contributed by atoms with Crippen LogP contribution in [0.4, 0.5) is 5.69 Å². The standard InChI is InChI=1S/C16H18N2O2/c1-3-18(13-7-4-8-14(19)10-13)16(20)11-15-12(2)6-5-9-17-15/h4-10,19H,3,11H2,1-2H3. The zero-order valence-electron chi connectivity index (χ0n) is 11.7. The van der Waals surface area contributed by atoms with Gasteiger partial charge in [-0.25, -0.2) is 0 Å². The number of carbonyl (C=O) groups excluding carboxylic acids is 1. The molecule has 0 unspecified atom stereocenters. The molecule has 0 radical (unpaired) electrons. The second kappa shape index (κ2) is 6.19. The highest BCUT2D eigenvalue weighted by Gasteiger charge is 2.16. The number of hydrogen-bond donors (Lipinski definition) is 1. The molecule has 1 aromatic carbocycles. The minimum Gasteiger partial charge on any atom is -0.508 e. The molecule has 4 nitrogen and oxygen atoms in total. The number of phenolic OH excluding ortho intramolecular Hbond substituents is 1. The number of aromatic nitrogens is 1. The highest BCUT2D eigenvalue weighted by atomic mass is 16.3. The van der Waals surface area contributed by atoms with Crippen LogP contribution in [0.2, 0.25) is 0 Å². The fourth-order valence-corrected chi connectivity index (χ4v) is 2.11. The Labute approximate surface area is 118 Å². The van der Waals surface area contributed by atoms with Crippen LogP contribution < -0.4 is 4.90 Å². The van der Waals surface area contributed by atoms with Crippen molar-refractivity contribution in [3.63, 3.8) is 0 Å². The topological polar surface area (TPSA) is 53.4 Å². The van der Waals surface area contributed by atoms with Crippen molar-refractivity contribution in [2.45, 2.75) is 20.3 Å². The summed E-state index contributed by atoms with van der Waals surface area (Å²) < 4.78 is 0. The van der Waals surface area contributed by atoms with Crippen molar-refractivity contribution in [3.8, 4) is 5.75 Å². The van der Waals surface area contributed by atoms with Crippen LogP contribution in [0, 0.1) is 6.92 Å². The van der Waals surface area contributed by atoms with Gasteiger partial charge < -0.3 is 10.0 Å². The second-order valence-corrected chi connectivity index (χ2v) is 4.60. The maximum atomic E-state index is 12.4. The Kier molecular flexibility index (Phi) is 4.35. The molecule has 1 amide bonds. The van der Waals surface area contributed by atoms with E-state index in [9.17, 15) is 9.90 Å². The molecule has 2 rings (SSSR count). The van der Waals surface area contributed by atoms with Gasteiger partial charge in [-0.2, -0.15) is 0 Å². The number of likely N-dealkylation sites (N-methyl/N-ethyl adjacent to an activating group) is 1. The van der Waals surface area contributed by atoms with E-state index in [1.54, 1.807) is 29.3 Å². The Morgan fingerprint density at radius 1 is 1.30 bits per heavy atom. The number of pyridine rings is 1. The summed E-state index contributed by atoms with van der Waals surface area (Å²) in [4.78, 5) is 18.3. The summed E-state index contributed by atoms with van der Waals surface area (Å²) in [5.74, 6) is 0.127. The number of rotatable bonds is 4. The van der Waals surface area contributed by atoms with Gasteiger partial charge in [0.05, 0.1) is 12.1 Å². The highest BCUT2D eigenvalue weighted by Crippen LogP contribution is 2.21. The maximum Gasteiger partial charge on any atom is 0.232 e. The molecule has 0 saturated carbocycles. The number of nitrogens with zero attached hydrogens (tertiary/aromatic N) is 2. The number of aryl methyl sites for hydroxylation is 1. The van der Waals surface area contributed by atoms with Crippen molar-refractivity contribution >= 4 is 11.6 Å². The highest BCUT2D eigenvalue weighted by molar-refractivity contribution is 5.94. The van der Waals surface area contributed by atoms with Gasteiger partial charge in [0, 0.05) is 24.5 Å². The lowest BCUT2D eigenvalue weighted by atomic mass is 10.1. The number of carbonyl (C=O) groups is 1. The van der Waals surface area contributed by atoms with Crippen molar-refractivity contribution < 1.29 is 9.90 Å². The van der Waals surface area contributed by atoms with Crippen LogP contribution in [0.3, 0.4) is 0 Å². The van der Waals surface area contributed by atoms with Gasteiger partial charge in [0.25, 0.3) is 0 Å². The largest absolute Gasteiger partial charge is 0.508 e. The normalized spacial score (nSPS) is 10.3. The van der Waals surface area contributed by atoms with Crippen LogP contribution in [0.25, 0.3) is 0 Å². The number of benzene rings is 1. The predicted octanol–water partition coefficient (Wildman–Crippen LogP) is 2.69. The molecule has 0 aliphatic rings. The molecule has 104 valence electrons. The first kappa shape index (κ1) is 14.1. The third-order valence-corrected chi connectivity index (χ3v) is 3.20. The van der Waals surface area contributed by atoms with Gasteiger partial charge in [0.15, 0.2) is 0 Å². The van der Waals surface area contributed by atoms with Crippen molar-refractivity contribution in [2.75, 3.05) is 11.4 Å². The molecule has 1 aromatic heterocycles. The summed E-state index contributed by atoms with van der Waals surface area (Å²) in [5.41, 5.74) is 2.50. The Morgan fingerprint density at radius 2 is 2.10 bits per heavy atom. The number of aromatic hydroxyl groups is 1. The first-order valence-electron chi connectivity index (χ1n) is 6.61. The summed E-state index contributed by atoms with van der Waals surface area (Å²) in [6.45, 7) is 4.40. The van der Waals surface area contributed by atoms with Gasteiger partial charge in [-0.05, 0) is 37.6 Å². The minimum atomic E-state index is -0.0279. The Balaban J connectivity index is 2.20. The second-order valence-electron chi connectivity index (χ2n) is 4.60. The Hall–Kier alpha value is -2.36. The lowest BCUT2D eigenvalue weighted by Gasteiger charge is -2.21. The van der Waals surface area contributed by atoms with E-state index in [4.69, 9.17) is 0 Å². The number of amides is 1. The van der Waals surface area contributed by atoms with E-state index in [0.717, 1.165) is 11.3 Å². The summed E-state index contributed by atoms with van der Waals surface area (Å²) in [7, 11) is 0. The van der Waals surface area contributed by atoms with Crippen molar-refractivity contribution in [1.29, 1.82) is 0 Å². The van der Waals surface area contributed by atoms with E-state index >= 15 is 0 Å². The molecule has 0 fully saturated rings. The van der Waals surface area contributed by atoms with E-state index in [-0.39, 0.29) is 18.1 Å². The van der Waals surface area contributed by atoms with Crippen molar-refractivity contribution in [2.24, 2.45) is 0 Å². The average Bonchev–Trinajstić information content (AvgIpc) is 2.42. The molecule has 1 heterocycles. The third kappa shape index (κ3) is 3.15. The predicted molar refractivity (Wildman–Crippen MR) is 78.8 cm³/mol. The number of phenols is 1. The minimum absolute atomic E-state index is 0.0279. The lowest BCUT2D eigenvalue weighted by molar-refractivity contribution is -0.118. The molecule has 0 atom stereocenters. The molecule has 4 heteroatoms. The van der Waals surface area contributed by atoms with Crippen LogP contribution in [0.5, 0.6) is 5.75 Å². The summed E-state index contributed by atoms with van der Waals surface area (Å²) in [6.07, 6.45) is 1.95. The van der Waals surface area contributed by atoms with E-state index in [1.165, 1.54) is 0 Å². The summed E-state index contributed by atoms with van der Waals surface area (Å²) >= 11 is 0. The van der Waals surface area contributed by atoms with Crippen molar-refractivity contribution in [3.05, 3.63) is 53.9 Å². The Morgan fingerprint density at radius 3 is 2.75 bits per heavy atom. The molecule has 20 heavy (non-hydrogen) atoms. The molecular formula is C16H18N2O2. The maximum absolute atomic E-state index is 12.4. The summed E-state index contributed by atoms with van der Waals surface area (Å²) in [6, 6.07) is 10.5. The summed E-state index contributed by atoms with van der Waals surface area (Å²) in [5, 5.41) is 9.52. The quantitative estimate of drug-likeness (QED) is 0.929. The Bertz CT molecular complexity index is 611. The SMILES string of the molecule is CCN(C(=O)Cc1ncccc1C)c1cccc(O)c1. The average molecular weight is 270 g/mol. The fraction of sp³-hybridized carbons (Fsp3) is 0.250. The third-order valence-electron chi connectivity index (χ3n) is 3.20. The molecule has 0 bridgehead atoms. The lowest BCUT2D eigenvalue weighted by Crippen LogP contribution is -2.32. The van der Waals surface area contributed by atoms with Gasteiger partial charge >= 0.3 is 0 Å². The van der Waals surface area contributed by atoms with Crippen LogP contribution in [0.15, 0.2) is 42.6 Å². The molecule has 0 saturated heterocycles. The van der Waals surface area contributed by atoms with Gasteiger partial charge in [-0.15, -0.1) is 0 Å². The zero-order chi connectivity index (χ0) is 14.5. The molecule has 0 aliphatic carbocycles. The van der Waals surface area contributed by atoms with E-state index in [1.807, 2.05) is 32.0 Å². The van der Waals surface area contributed by atoms with Gasteiger partial charge in [-0.3, -0.25) is 9.78 Å². The molecule has 2 aromatic rings. The monoisotopic (exact) mass is 270 g/mol. The first-order valence-corrected chi connectivity index (χ1v) is 6.61. The van der Waals surface area contributed by atoms with E-state index in [2.05, 4.69) is 4.98 Å². The van der Waals surface area contributed by atoms with E-state index in [0.29, 0.717) is 12.2 Å². The van der Waals surface area contributed by atoms with Crippen LogP contribution in [-0.4, -0.2) is 22.5 Å². The van der Waals surface area contributed by atoms with Crippen molar-refractivity contribution in [1.82, 2.24) is 4.98 Å². The molecule has 0 aliphatic heterocycles. The fourth-order valence-electron chi connectivity index (χ4n) is 2.11. The molecule has 0 spiro atoms. The number of anilines is 1. The van der Waals surface area contributed by atoms with Crippen LogP contribution in [-0.2, 0) is 11.2 Å². The van der Waals surface area contributed by atoms with Crippen LogP contribution >= 0.6 is 0 Å². The van der Waals surface area contributed by atoms with Crippen LogP contribution in [0.1, 0.15) is 18.2 Å². The van der Waals surface area contributed by atoms with Gasteiger partial charge in [0.2, 0.25) is 5.91 Å². The van der Waals surface area contributed by atoms with Gasteiger partial charge in [-0.1, -0.05) is 12.1 Å². The molecule has 1 N–H and O–H groups in total.